The average Bonchev–Trinajstić information content (AvgIpc) is 2.84. The maximum atomic E-state index is 12.5. The first-order valence-corrected chi connectivity index (χ1v) is 11.7. The van der Waals surface area contributed by atoms with Crippen molar-refractivity contribution in [2.45, 2.75) is 45.4 Å². The molecule has 32 heavy (non-hydrogen) atoms. The summed E-state index contributed by atoms with van der Waals surface area (Å²) in [5.41, 5.74) is 1.83. The number of aryl methyl sites for hydroxylation is 1. The molecule has 2 aromatic rings. The quantitative estimate of drug-likeness (QED) is 0.533. The van der Waals surface area contributed by atoms with Gasteiger partial charge in [-0.25, -0.2) is 0 Å². The molecule has 6 heteroatoms. The van der Waals surface area contributed by atoms with Gasteiger partial charge >= 0.3 is 0 Å². The normalized spacial score (nSPS) is 13.5. The molecule has 1 fully saturated rings. The van der Waals surface area contributed by atoms with Crippen LogP contribution in [0.3, 0.4) is 0 Å². The minimum Gasteiger partial charge on any atom is -0.490 e. The molecule has 0 atom stereocenters. The number of nitrogens with zero attached hydrogens (tertiary/aromatic N) is 1. The first-order valence-electron chi connectivity index (χ1n) is 11.7. The molecule has 0 saturated carbocycles. The van der Waals surface area contributed by atoms with Gasteiger partial charge in [0.25, 0.3) is 11.8 Å². The van der Waals surface area contributed by atoms with Crippen molar-refractivity contribution in [3.05, 3.63) is 59.7 Å². The number of unbranched alkanes of at least 4 members (excludes halogenated alkanes) is 1. The Morgan fingerprint density at radius 3 is 2.47 bits per heavy atom. The molecule has 1 saturated heterocycles. The van der Waals surface area contributed by atoms with Crippen molar-refractivity contribution < 1.29 is 19.1 Å². The van der Waals surface area contributed by atoms with Gasteiger partial charge < -0.3 is 19.7 Å². The lowest BCUT2D eigenvalue weighted by Crippen LogP contribution is -2.38. The Hall–Kier alpha value is -3.02. The molecule has 172 valence electrons. The average molecular weight is 439 g/mol. The van der Waals surface area contributed by atoms with Crippen LogP contribution in [0.5, 0.6) is 11.5 Å². The van der Waals surface area contributed by atoms with E-state index in [0.29, 0.717) is 30.2 Å². The third-order valence-electron chi connectivity index (χ3n) is 5.59. The topological polar surface area (TPSA) is 67.9 Å². The van der Waals surface area contributed by atoms with E-state index < -0.39 is 0 Å². The number of benzene rings is 2. The first kappa shape index (κ1) is 23.6. The molecule has 1 heterocycles. The van der Waals surface area contributed by atoms with Gasteiger partial charge in [-0.1, -0.05) is 30.3 Å². The molecular formula is C26H34N2O4. The lowest BCUT2D eigenvalue weighted by atomic mass is 10.1. The van der Waals surface area contributed by atoms with E-state index in [2.05, 4.69) is 17.4 Å². The van der Waals surface area contributed by atoms with E-state index in [4.69, 9.17) is 9.47 Å². The second kappa shape index (κ2) is 12.7. The lowest BCUT2D eigenvalue weighted by molar-refractivity contribution is -0.134. The fraction of sp³-hybridized carbons (Fsp3) is 0.462. The van der Waals surface area contributed by atoms with Gasteiger partial charge in [-0.05, 0) is 69.2 Å². The van der Waals surface area contributed by atoms with Gasteiger partial charge in [-0.15, -0.1) is 0 Å². The van der Waals surface area contributed by atoms with Gasteiger partial charge in [0.05, 0.1) is 6.61 Å². The SMILES string of the molecule is CCOc1cc(C(=O)NCCCCc2ccccc2)ccc1OCC(=O)N1CCCCC1. The van der Waals surface area contributed by atoms with E-state index in [9.17, 15) is 9.59 Å². The fourth-order valence-corrected chi connectivity index (χ4v) is 3.81. The highest BCUT2D eigenvalue weighted by Gasteiger charge is 2.18. The zero-order chi connectivity index (χ0) is 22.6. The van der Waals surface area contributed by atoms with Gasteiger partial charge in [-0.3, -0.25) is 9.59 Å². The molecule has 1 aliphatic rings. The van der Waals surface area contributed by atoms with Crippen LogP contribution in [0.15, 0.2) is 48.5 Å². The number of carbonyl (C=O) groups is 2. The number of likely N-dealkylation sites (tertiary alicyclic amines) is 1. The zero-order valence-corrected chi connectivity index (χ0v) is 19.0. The van der Waals surface area contributed by atoms with Crippen LogP contribution in [0, 0.1) is 0 Å². The minimum absolute atomic E-state index is 0.00975. The van der Waals surface area contributed by atoms with Crippen molar-refractivity contribution in [3.8, 4) is 11.5 Å². The number of rotatable bonds is 11. The number of nitrogens with one attached hydrogen (secondary N) is 1. The number of hydrogen-bond donors (Lipinski definition) is 1. The predicted octanol–water partition coefficient (Wildman–Crippen LogP) is 4.23. The molecule has 2 aromatic carbocycles. The summed E-state index contributed by atoms with van der Waals surface area (Å²) in [6.07, 6.45) is 6.21. The van der Waals surface area contributed by atoms with Crippen LogP contribution >= 0.6 is 0 Å². The highest BCUT2D eigenvalue weighted by molar-refractivity contribution is 5.94. The Labute approximate surface area is 190 Å². The van der Waals surface area contributed by atoms with Crippen molar-refractivity contribution in [1.29, 1.82) is 0 Å². The van der Waals surface area contributed by atoms with Gasteiger partial charge in [-0.2, -0.15) is 0 Å². The highest BCUT2D eigenvalue weighted by Crippen LogP contribution is 2.28. The molecule has 6 nitrogen and oxygen atoms in total. The van der Waals surface area contributed by atoms with Crippen molar-refractivity contribution in [2.24, 2.45) is 0 Å². The van der Waals surface area contributed by atoms with E-state index in [0.717, 1.165) is 45.2 Å². The molecule has 2 amide bonds. The molecule has 0 aliphatic carbocycles. The second-order valence-electron chi connectivity index (χ2n) is 8.02. The van der Waals surface area contributed by atoms with E-state index >= 15 is 0 Å². The summed E-state index contributed by atoms with van der Waals surface area (Å²) in [5.74, 6) is 0.818. The van der Waals surface area contributed by atoms with Crippen LogP contribution in [0.1, 0.15) is 54.9 Å². The summed E-state index contributed by atoms with van der Waals surface area (Å²) in [5, 5.41) is 2.97. The Morgan fingerprint density at radius 1 is 0.938 bits per heavy atom. The minimum atomic E-state index is -0.137. The molecule has 0 radical (unpaired) electrons. The van der Waals surface area contributed by atoms with Crippen LogP contribution in [0.2, 0.25) is 0 Å². The van der Waals surface area contributed by atoms with Crippen LogP contribution in [-0.4, -0.2) is 49.6 Å². The third-order valence-corrected chi connectivity index (χ3v) is 5.59. The van der Waals surface area contributed by atoms with E-state index in [1.54, 1.807) is 18.2 Å². The van der Waals surface area contributed by atoms with Crippen LogP contribution in [0.4, 0.5) is 0 Å². The smallest absolute Gasteiger partial charge is 0.260 e. The van der Waals surface area contributed by atoms with Crippen LogP contribution in [0.25, 0.3) is 0 Å². The Bertz CT molecular complexity index is 863. The summed E-state index contributed by atoms with van der Waals surface area (Å²) in [4.78, 5) is 26.8. The summed E-state index contributed by atoms with van der Waals surface area (Å²) >= 11 is 0. The fourth-order valence-electron chi connectivity index (χ4n) is 3.81. The van der Waals surface area contributed by atoms with Gasteiger partial charge in [0.15, 0.2) is 18.1 Å². The van der Waals surface area contributed by atoms with Crippen molar-refractivity contribution >= 4 is 11.8 Å². The second-order valence-corrected chi connectivity index (χ2v) is 8.02. The molecular weight excluding hydrogens is 404 g/mol. The zero-order valence-electron chi connectivity index (χ0n) is 19.0. The number of piperidine rings is 1. The monoisotopic (exact) mass is 438 g/mol. The highest BCUT2D eigenvalue weighted by atomic mass is 16.5. The summed E-state index contributed by atoms with van der Waals surface area (Å²) < 4.78 is 11.4. The van der Waals surface area contributed by atoms with Gasteiger partial charge in [0.1, 0.15) is 0 Å². The number of ether oxygens (including phenoxy) is 2. The molecule has 0 unspecified atom stereocenters. The summed E-state index contributed by atoms with van der Waals surface area (Å²) in [6, 6.07) is 15.5. The maximum Gasteiger partial charge on any atom is 0.260 e. The lowest BCUT2D eigenvalue weighted by Gasteiger charge is -2.26. The van der Waals surface area contributed by atoms with Gasteiger partial charge in [0, 0.05) is 25.2 Å². The van der Waals surface area contributed by atoms with Crippen LogP contribution in [-0.2, 0) is 11.2 Å². The van der Waals surface area contributed by atoms with Crippen molar-refractivity contribution in [1.82, 2.24) is 10.2 Å². The van der Waals surface area contributed by atoms with Crippen molar-refractivity contribution in [3.63, 3.8) is 0 Å². The van der Waals surface area contributed by atoms with Crippen LogP contribution < -0.4 is 14.8 Å². The maximum absolute atomic E-state index is 12.5. The molecule has 3 rings (SSSR count). The molecule has 0 spiro atoms. The standard InChI is InChI=1S/C26H34N2O4/c1-2-31-24-19-22(26(30)27-16-8-7-13-21-11-5-3-6-12-21)14-15-23(24)32-20-25(29)28-17-9-4-10-18-28/h3,5-6,11-12,14-15,19H,2,4,7-10,13,16-18,20H2,1H3,(H,27,30). The van der Waals surface area contributed by atoms with E-state index in [1.165, 1.54) is 12.0 Å². The van der Waals surface area contributed by atoms with Crippen molar-refractivity contribution in [2.75, 3.05) is 32.8 Å². The molecule has 1 N–H and O–H groups in total. The molecule has 1 aliphatic heterocycles. The third kappa shape index (κ3) is 7.29. The molecule has 0 bridgehead atoms. The molecule has 0 aromatic heterocycles. The Kier molecular flexibility index (Phi) is 9.41. The summed E-state index contributed by atoms with van der Waals surface area (Å²) in [6.45, 7) is 4.52. The van der Waals surface area contributed by atoms with E-state index in [1.807, 2.05) is 30.0 Å². The van der Waals surface area contributed by atoms with E-state index in [-0.39, 0.29) is 18.4 Å². The number of carbonyl (C=O) groups excluding carboxylic acids is 2. The number of amides is 2. The van der Waals surface area contributed by atoms with Gasteiger partial charge in [0.2, 0.25) is 0 Å². The largest absolute Gasteiger partial charge is 0.490 e. The summed E-state index contributed by atoms with van der Waals surface area (Å²) in [7, 11) is 0. The Morgan fingerprint density at radius 2 is 1.72 bits per heavy atom. The number of hydrogen-bond acceptors (Lipinski definition) is 4. The predicted molar refractivity (Wildman–Crippen MR) is 125 cm³/mol. The first-order chi connectivity index (χ1) is 15.7. The Balaban J connectivity index is 1.47.